The van der Waals surface area contributed by atoms with Gasteiger partial charge in [0.05, 0.1) is 12.8 Å². The lowest BCUT2D eigenvalue weighted by atomic mass is 10.1. The van der Waals surface area contributed by atoms with E-state index in [9.17, 15) is 0 Å². The van der Waals surface area contributed by atoms with Crippen LogP contribution in [0.5, 0.6) is 0 Å². The minimum atomic E-state index is 0.516. The van der Waals surface area contributed by atoms with Crippen molar-refractivity contribution in [2.45, 2.75) is 20.4 Å². The van der Waals surface area contributed by atoms with Crippen molar-refractivity contribution in [2.75, 3.05) is 5.32 Å². The minimum absolute atomic E-state index is 0.516. The van der Waals surface area contributed by atoms with Gasteiger partial charge < -0.3 is 14.2 Å². The van der Waals surface area contributed by atoms with Crippen LogP contribution in [0.3, 0.4) is 0 Å². The van der Waals surface area contributed by atoms with E-state index in [-0.39, 0.29) is 0 Å². The lowest BCUT2D eigenvalue weighted by Crippen LogP contribution is -2.01. The first kappa shape index (κ1) is 12.5. The second-order valence-electron chi connectivity index (χ2n) is 4.65. The van der Waals surface area contributed by atoms with Crippen LogP contribution in [-0.4, -0.2) is 10.2 Å². The number of furan rings is 1. The highest BCUT2D eigenvalue weighted by Gasteiger charge is 2.08. The van der Waals surface area contributed by atoms with E-state index in [1.54, 1.807) is 6.26 Å². The first-order chi connectivity index (χ1) is 9.74. The second kappa shape index (κ2) is 5.21. The molecule has 2 heterocycles. The van der Waals surface area contributed by atoms with Crippen LogP contribution in [0.2, 0.25) is 0 Å². The first-order valence-electron chi connectivity index (χ1n) is 6.38. The molecule has 5 heteroatoms. The summed E-state index contributed by atoms with van der Waals surface area (Å²) in [6.07, 6.45) is 3.03. The van der Waals surface area contributed by atoms with E-state index in [4.69, 9.17) is 8.83 Å². The quantitative estimate of drug-likeness (QED) is 0.784. The predicted molar refractivity (Wildman–Crippen MR) is 75.2 cm³/mol. The van der Waals surface area contributed by atoms with Gasteiger partial charge in [0.1, 0.15) is 5.76 Å². The van der Waals surface area contributed by atoms with E-state index in [1.165, 1.54) is 6.39 Å². The summed E-state index contributed by atoms with van der Waals surface area (Å²) in [6.45, 7) is 4.73. The fourth-order valence-corrected chi connectivity index (χ4v) is 2.01. The number of nitrogens with one attached hydrogen (secondary N) is 1. The Morgan fingerprint density at radius 2 is 2.00 bits per heavy atom. The third kappa shape index (κ3) is 2.42. The van der Waals surface area contributed by atoms with Gasteiger partial charge in [0.15, 0.2) is 0 Å². The van der Waals surface area contributed by atoms with Gasteiger partial charge in [-0.15, -0.1) is 10.2 Å². The Labute approximate surface area is 116 Å². The summed E-state index contributed by atoms with van der Waals surface area (Å²) in [7, 11) is 0. The van der Waals surface area contributed by atoms with Gasteiger partial charge in [0, 0.05) is 11.3 Å². The zero-order chi connectivity index (χ0) is 13.9. The molecule has 1 aromatic carbocycles. The third-order valence-corrected chi connectivity index (χ3v) is 3.25. The fourth-order valence-electron chi connectivity index (χ4n) is 2.01. The molecule has 0 atom stereocenters. The standard InChI is InChI=1S/C15H15N3O2/c1-10-3-4-12(15-18-17-9-20-15)7-13(10)16-8-14-11(2)5-6-19-14/h3-7,9,16H,8H2,1-2H3. The lowest BCUT2D eigenvalue weighted by molar-refractivity contribution is 0.515. The van der Waals surface area contributed by atoms with Crippen molar-refractivity contribution in [3.8, 4) is 11.5 Å². The molecule has 3 rings (SSSR count). The molecule has 0 unspecified atom stereocenters. The highest BCUT2D eigenvalue weighted by atomic mass is 16.4. The fraction of sp³-hybridized carbons (Fsp3) is 0.200. The van der Waals surface area contributed by atoms with E-state index in [2.05, 4.69) is 22.4 Å². The van der Waals surface area contributed by atoms with Crippen molar-refractivity contribution in [1.82, 2.24) is 10.2 Å². The molecular weight excluding hydrogens is 254 g/mol. The van der Waals surface area contributed by atoms with Crippen molar-refractivity contribution in [3.05, 3.63) is 53.8 Å². The average Bonchev–Trinajstić information content (AvgIpc) is 3.10. The molecule has 0 aliphatic carbocycles. The summed E-state index contributed by atoms with van der Waals surface area (Å²) in [5.74, 6) is 1.45. The molecule has 0 aliphatic heterocycles. The SMILES string of the molecule is Cc1ccc(-c2nnco2)cc1NCc1occc1C. The van der Waals surface area contributed by atoms with Gasteiger partial charge in [0.25, 0.3) is 0 Å². The first-order valence-corrected chi connectivity index (χ1v) is 6.38. The molecule has 0 amide bonds. The number of aryl methyl sites for hydroxylation is 2. The Morgan fingerprint density at radius 1 is 1.10 bits per heavy atom. The Kier molecular flexibility index (Phi) is 3.25. The van der Waals surface area contributed by atoms with E-state index in [0.717, 1.165) is 28.1 Å². The van der Waals surface area contributed by atoms with Crippen molar-refractivity contribution in [3.63, 3.8) is 0 Å². The molecule has 20 heavy (non-hydrogen) atoms. The molecule has 0 radical (unpaired) electrons. The van der Waals surface area contributed by atoms with Crippen LogP contribution in [0.1, 0.15) is 16.9 Å². The average molecular weight is 269 g/mol. The van der Waals surface area contributed by atoms with Gasteiger partial charge in [0.2, 0.25) is 12.3 Å². The molecule has 0 saturated carbocycles. The van der Waals surface area contributed by atoms with Crippen LogP contribution in [0.4, 0.5) is 5.69 Å². The topological polar surface area (TPSA) is 64.1 Å². The largest absolute Gasteiger partial charge is 0.467 e. The number of rotatable bonds is 4. The summed E-state index contributed by atoms with van der Waals surface area (Å²) in [6, 6.07) is 7.95. The molecule has 5 nitrogen and oxygen atoms in total. The Bertz CT molecular complexity index is 702. The van der Waals surface area contributed by atoms with Crippen LogP contribution in [-0.2, 0) is 6.54 Å². The molecule has 102 valence electrons. The van der Waals surface area contributed by atoms with Crippen LogP contribution in [0, 0.1) is 13.8 Å². The summed E-state index contributed by atoms with van der Waals surface area (Å²) in [5.41, 5.74) is 4.21. The van der Waals surface area contributed by atoms with Crippen LogP contribution >= 0.6 is 0 Å². The molecule has 1 N–H and O–H groups in total. The van der Waals surface area contributed by atoms with E-state index < -0.39 is 0 Å². The van der Waals surface area contributed by atoms with Crippen LogP contribution in [0.25, 0.3) is 11.5 Å². The zero-order valence-electron chi connectivity index (χ0n) is 11.4. The number of hydrogen-bond acceptors (Lipinski definition) is 5. The molecule has 0 bridgehead atoms. The minimum Gasteiger partial charge on any atom is -0.467 e. The number of hydrogen-bond donors (Lipinski definition) is 1. The molecule has 0 spiro atoms. The highest BCUT2D eigenvalue weighted by Crippen LogP contribution is 2.24. The van der Waals surface area contributed by atoms with Gasteiger partial charge in [-0.3, -0.25) is 0 Å². The Hall–Kier alpha value is -2.56. The van der Waals surface area contributed by atoms with Crippen LogP contribution < -0.4 is 5.32 Å². The number of aromatic nitrogens is 2. The van der Waals surface area contributed by atoms with Crippen molar-refractivity contribution >= 4 is 5.69 Å². The van der Waals surface area contributed by atoms with Gasteiger partial charge in [-0.1, -0.05) is 6.07 Å². The maximum Gasteiger partial charge on any atom is 0.247 e. The Balaban J connectivity index is 1.82. The van der Waals surface area contributed by atoms with Crippen molar-refractivity contribution in [2.24, 2.45) is 0 Å². The smallest absolute Gasteiger partial charge is 0.247 e. The maximum absolute atomic E-state index is 5.42. The third-order valence-electron chi connectivity index (χ3n) is 3.25. The van der Waals surface area contributed by atoms with E-state index in [0.29, 0.717) is 12.4 Å². The summed E-state index contributed by atoms with van der Waals surface area (Å²) in [5, 5.41) is 11.0. The van der Waals surface area contributed by atoms with Gasteiger partial charge in [-0.2, -0.15) is 0 Å². The Morgan fingerprint density at radius 3 is 2.70 bits per heavy atom. The molecule has 0 fully saturated rings. The molecule has 3 aromatic rings. The maximum atomic E-state index is 5.42. The highest BCUT2D eigenvalue weighted by molar-refractivity contribution is 5.64. The number of anilines is 1. The number of benzene rings is 1. The van der Waals surface area contributed by atoms with Crippen LogP contribution in [0.15, 0.2) is 45.8 Å². The molecular formula is C15H15N3O2. The van der Waals surface area contributed by atoms with Crippen molar-refractivity contribution < 1.29 is 8.83 Å². The summed E-state index contributed by atoms with van der Waals surface area (Å²) < 4.78 is 10.6. The van der Waals surface area contributed by atoms with Gasteiger partial charge >= 0.3 is 0 Å². The predicted octanol–water partition coefficient (Wildman–Crippen LogP) is 3.56. The van der Waals surface area contributed by atoms with Gasteiger partial charge in [-0.25, -0.2) is 0 Å². The van der Waals surface area contributed by atoms with E-state index >= 15 is 0 Å². The second-order valence-corrected chi connectivity index (χ2v) is 4.65. The van der Waals surface area contributed by atoms with Gasteiger partial charge in [-0.05, 0) is 43.2 Å². The molecule has 2 aromatic heterocycles. The monoisotopic (exact) mass is 269 g/mol. The lowest BCUT2D eigenvalue weighted by Gasteiger charge is -2.10. The zero-order valence-corrected chi connectivity index (χ0v) is 11.4. The van der Waals surface area contributed by atoms with Crippen molar-refractivity contribution in [1.29, 1.82) is 0 Å². The molecule has 0 saturated heterocycles. The summed E-state index contributed by atoms with van der Waals surface area (Å²) >= 11 is 0. The summed E-state index contributed by atoms with van der Waals surface area (Å²) in [4.78, 5) is 0. The van der Waals surface area contributed by atoms with E-state index in [1.807, 2.05) is 31.2 Å². The normalized spacial score (nSPS) is 10.7. The molecule has 0 aliphatic rings. The number of nitrogens with zero attached hydrogens (tertiary/aromatic N) is 2.